The quantitative estimate of drug-likeness (QED) is 0.259. The van der Waals surface area contributed by atoms with E-state index in [1.54, 1.807) is 0 Å². The summed E-state index contributed by atoms with van der Waals surface area (Å²) in [5.41, 5.74) is 4.71. The van der Waals surface area contributed by atoms with Crippen LogP contribution in [-0.2, 0) is 17.0 Å². The maximum absolute atomic E-state index is 10.6. The Bertz CT molecular complexity index is 173. The van der Waals surface area contributed by atoms with E-state index in [-0.39, 0.29) is 0 Å². The average molecular weight is 170 g/mol. The van der Waals surface area contributed by atoms with Crippen LogP contribution in [-0.4, -0.2) is 6.02 Å². The van der Waals surface area contributed by atoms with E-state index in [0.717, 1.165) is 0 Å². The first-order valence-electron chi connectivity index (χ1n) is 1.81. The second-order valence-electron chi connectivity index (χ2n) is 1.12. The van der Waals surface area contributed by atoms with Gasteiger partial charge in [-0.3, -0.25) is 5.41 Å². The van der Waals surface area contributed by atoms with Gasteiger partial charge in [0.2, 0.25) is 0 Å². The van der Waals surface area contributed by atoms with Gasteiger partial charge in [-0.05, 0) is 0 Å². The Hall–Kier alpha value is -0.230. The summed E-state index contributed by atoms with van der Waals surface area (Å²) in [5.74, 6) is 0. The van der Waals surface area contributed by atoms with E-state index in [1.807, 2.05) is 0 Å². The molecular weight excluding hydrogens is 167 g/mol. The van der Waals surface area contributed by atoms with Crippen molar-refractivity contribution in [3.63, 3.8) is 0 Å². The van der Waals surface area contributed by atoms with Crippen LogP contribution in [0.5, 0.6) is 0 Å². The molecule has 6 nitrogen and oxygen atoms in total. The largest absolute Gasteiger partial charge is 0.558 e. The minimum Gasteiger partial charge on any atom is -0.370 e. The number of amidine groups is 1. The fourth-order valence-corrected chi connectivity index (χ4v) is 1.36. The summed E-state index contributed by atoms with van der Waals surface area (Å²) in [6.45, 7) is 0. The van der Waals surface area contributed by atoms with Gasteiger partial charge in [-0.1, -0.05) is 0 Å². The van der Waals surface area contributed by atoms with Crippen molar-refractivity contribution in [1.29, 1.82) is 5.41 Å². The molecule has 3 N–H and O–H groups in total. The number of nitrogens with one attached hydrogen (secondary N) is 1. The van der Waals surface area contributed by atoms with Crippen molar-refractivity contribution >= 4 is 26.2 Å². The number of hydrogen-bond donors (Lipinski definition) is 2. The lowest BCUT2D eigenvalue weighted by molar-refractivity contribution is 0.270. The third-order valence-electron chi connectivity index (χ3n) is 0.454. The summed E-state index contributed by atoms with van der Waals surface area (Å²) in [5, 5.41) is 6.50. The Kier molecular flexibility index (Phi) is 1.67. The molecule has 0 unspecified atom stereocenters. The lowest BCUT2D eigenvalue weighted by Crippen LogP contribution is -2.15. The van der Waals surface area contributed by atoms with E-state index in [1.165, 1.54) is 0 Å². The van der Waals surface area contributed by atoms with E-state index >= 15 is 0 Å². The lowest BCUT2D eigenvalue weighted by Gasteiger charge is -2.20. The van der Waals surface area contributed by atoms with Gasteiger partial charge in [0.15, 0.2) is 12.3 Å². The zero-order valence-corrected chi connectivity index (χ0v) is 5.78. The zero-order valence-electron chi connectivity index (χ0n) is 4.07. The van der Waals surface area contributed by atoms with Gasteiger partial charge in [-0.2, -0.15) is 7.94 Å². The first-order chi connectivity index (χ1) is 4.12. The summed E-state index contributed by atoms with van der Waals surface area (Å²) in [6.07, 6.45) is 0. The SMILES string of the molecule is N=C(N)OP1(=O)OSO1. The molecular formula is CH3N2O4PS. The molecule has 1 rings (SSSR count). The smallest absolute Gasteiger partial charge is 0.370 e. The third-order valence-corrected chi connectivity index (χ3v) is 2.82. The van der Waals surface area contributed by atoms with Crippen molar-refractivity contribution in [3.8, 4) is 0 Å². The lowest BCUT2D eigenvalue weighted by atomic mass is 11.3. The van der Waals surface area contributed by atoms with Gasteiger partial charge in [-0.25, -0.2) is 4.57 Å². The van der Waals surface area contributed by atoms with Crippen molar-refractivity contribution in [2.75, 3.05) is 0 Å². The van der Waals surface area contributed by atoms with Crippen LogP contribution in [0, 0.1) is 5.41 Å². The standard InChI is InChI=1S/CH3N2O4PS/c2-1(3)5-8(4)6-9-7-8/h(H3,2,3). The van der Waals surface area contributed by atoms with Crippen LogP contribution < -0.4 is 5.73 Å². The fraction of sp³-hybridized carbons (Fsp3) is 0. The van der Waals surface area contributed by atoms with Gasteiger partial charge < -0.3 is 10.3 Å². The Morgan fingerprint density at radius 3 is 2.44 bits per heavy atom. The molecule has 1 aliphatic rings. The summed E-state index contributed by atoms with van der Waals surface area (Å²) < 4.78 is 23.2. The molecule has 0 atom stereocenters. The molecule has 0 bridgehead atoms. The van der Waals surface area contributed by atoms with Crippen LogP contribution in [0.15, 0.2) is 0 Å². The fourth-order valence-electron chi connectivity index (χ4n) is 0.231. The molecule has 0 aromatic rings. The molecule has 0 aliphatic carbocycles. The average Bonchev–Trinajstić information content (AvgIpc) is 1.60. The molecule has 1 saturated heterocycles. The van der Waals surface area contributed by atoms with Crippen LogP contribution in [0.4, 0.5) is 0 Å². The highest BCUT2D eigenvalue weighted by Crippen LogP contribution is 2.65. The van der Waals surface area contributed by atoms with Gasteiger partial charge in [0.25, 0.3) is 6.02 Å². The van der Waals surface area contributed by atoms with E-state index in [2.05, 4.69) is 12.5 Å². The molecule has 9 heavy (non-hydrogen) atoms. The highest BCUT2D eigenvalue weighted by Gasteiger charge is 2.41. The molecule has 0 saturated carbocycles. The van der Waals surface area contributed by atoms with Crippen LogP contribution in [0.2, 0.25) is 0 Å². The Morgan fingerprint density at radius 1 is 1.78 bits per heavy atom. The number of nitrogens with two attached hydrogens (primary N) is 1. The molecule has 0 aromatic carbocycles. The van der Waals surface area contributed by atoms with Crippen molar-refractivity contribution in [3.05, 3.63) is 0 Å². The van der Waals surface area contributed by atoms with Crippen molar-refractivity contribution in [2.45, 2.75) is 0 Å². The predicted octanol–water partition coefficient (Wildman–Crippen LogP) is 0.615. The second-order valence-corrected chi connectivity index (χ2v) is 3.53. The van der Waals surface area contributed by atoms with E-state index in [0.29, 0.717) is 12.3 Å². The minimum atomic E-state index is -3.44. The maximum Gasteiger partial charge on any atom is 0.558 e. The molecule has 0 aromatic heterocycles. The van der Waals surface area contributed by atoms with E-state index in [4.69, 9.17) is 11.1 Å². The molecule has 0 amide bonds. The van der Waals surface area contributed by atoms with Crippen molar-refractivity contribution < 1.29 is 17.0 Å². The van der Waals surface area contributed by atoms with Gasteiger partial charge >= 0.3 is 7.82 Å². The monoisotopic (exact) mass is 170 g/mol. The van der Waals surface area contributed by atoms with Crippen molar-refractivity contribution in [1.82, 2.24) is 0 Å². The minimum absolute atomic E-state index is 0.546. The normalized spacial score (nSPS) is 22.2. The van der Waals surface area contributed by atoms with Crippen LogP contribution >= 0.6 is 20.1 Å². The number of hydrogen-bond acceptors (Lipinski definition) is 6. The van der Waals surface area contributed by atoms with Gasteiger partial charge in [0, 0.05) is 0 Å². The highest BCUT2D eigenvalue weighted by molar-refractivity contribution is 8.02. The molecule has 1 heterocycles. The van der Waals surface area contributed by atoms with E-state index in [9.17, 15) is 4.57 Å². The molecule has 0 spiro atoms. The number of phosphoric acid groups is 1. The first kappa shape index (κ1) is 6.88. The first-order valence-corrected chi connectivity index (χ1v) is 3.93. The molecule has 1 aliphatic heterocycles. The van der Waals surface area contributed by atoms with Crippen LogP contribution in [0.25, 0.3) is 0 Å². The molecule has 1 fully saturated rings. The molecule has 8 heteroatoms. The topological polar surface area (TPSA) is 94.6 Å². The summed E-state index contributed by atoms with van der Waals surface area (Å²) in [7, 11) is -3.44. The Balaban J connectivity index is 2.43. The van der Waals surface area contributed by atoms with Crippen molar-refractivity contribution in [2.24, 2.45) is 5.73 Å². The molecule has 0 radical (unpaired) electrons. The molecule has 52 valence electrons. The highest BCUT2D eigenvalue weighted by atomic mass is 32.2. The zero-order chi connectivity index (χ0) is 6.91. The summed E-state index contributed by atoms with van der Waals surface area (Å²) >= 11 is 0.546. The summed E-state index contributed by atoms with van der Waals surface area (Å²) in [6, 6.07) is -0.682. The van der Waals surface area contributed by atoms with Crippen LogP contribution in [0.1, 0.15) is 0 Å². The third kappa shape index (κ3) is 1.59. The Morgan fingerprint density at radius 2 is 2.33 bits per heavy atom. The predicted molar refractivity (Wildman–Crippen MR) is 30.4 cm³/mol. The summed E-state index contributed by atoms with van der Waals surface area (Å²) in [4.78, 5) is 0. The van der Waals surface area contributed by atoms with Gasteiger partial charge in [0.05, 0.1) is 0 Å². The number of rotatable bonds is 1. The van der Waals surface area contributed by atoms with Gasteiger partial charge in [0.1, 0.15) is 0 Å². The second kappa shape index (κ2) is 2.18. The van der Waals surface area contributed by atoms with E-state index < -0.39 is 13.8 Å². The Labute approximate surface area is 55.2 Å². The van der Waals surface area contributed by atoms with Gasteiger partial charge in [-0.15, -0.1) is 0 Å². The van der Waals surface area contributed by atoms with Crippen LogP contribution in [0.3, 0.4) is 0 Å². The maximum atomic E-state index is 10.6.